The van der Waals surface area contributed by atoms with Crippen LogP contribution in [0.25, 0.3) is 0 Å². The van der Waals surface area contributed by atoms with Crippen LogP contribution < -0.4 is 5.73 Å². The molecule has 0 radical (unpaired) electrons. The molecular formula is C11H17NO. The largest absolute Gasteiger partial charge is 0.404 e. The van der Waals surface area contributed by atoms with E-state index in [1.807, 2.05) is 0 Å². The number of fused-ring (bicyclic) bond motifs is 2. The topological polar surface area (TPSA) is 43.1 Å². The third kappa shape index (κ3) is 0.725. The van der Waals surface area contributed by atoms with Crippen LogP contribution in [0.4, 0.5) is 0 Å². The number of rotatable bonds is 0. The summed E-state index contributed by atoms with van der Waals surface area (Å²) >= 11 is 0. The van der Waals surface area contributed by atoms with Crippen molar-refractivity contribution in [2.45, 2.75) is 33.6 Å². The zero-order valence-electron chi connectivity index (χ0n) is 8.55. The highest BCUT2D eigenvalue weighted by atomic mass is 16.1. The molecule has 2 rings (SSSR count). The van der Waals surface area contributed by atoms with Crippen LogP contribution in [0.3, 0.4) is 0 Å². The summed E-state index contributed by atoms with van der Waals surface area (Å²) in [5.41, 5.74) is 6.54. The Morgan fingerprint density at radius 1 is 1.46 bits per heavy atom. The maximum absolute atomic E-state index is 11.9. The highest BCUT2D eigenvalue weighted by Crippen LogP contribution is 2.65. The number of carbonyl (C=O) groups excluding carboxylic acids is 1. The summed E-state index contributed by atoms with van der Waals surface area (Å²) in [6.07, 6.45) is 3.68. The first-order valence-corrected chi connectivity index (χ1v) is 4.92. The van der Waals surface area contributed by atoms with Crippen molar-refractivity contribution in [1.29, 1.82) is 0 Å². The van der Waals surface area contributed by atoms with Crippen molar-refractivity contribution in [2.75, 3.05) is 0 Å². The van der Waals surface area contributed by atoms with Gasteiger partial charge in [-0.05, 0) is 18.3 Å². The summed E-state index contributed by atoms with van der Waals surface area (Å²) in [6.45, 7) is 6.56. The van der Waals surface area contributed by atoms with E-state index in [2.05, 4.69) is 20.8 Å². The maximum Gasteiger partial charge on any atom is 0.164 e. The Morgan fingerprint density at radius 3 is 2.38 bits per heavy atom. The molecule has 2 fully saturated rings. The highest BCUT2D eigenvalue weighted by Gasteiger charge is 2.63. The van der Waals surface area contributed by atoms with E-state index in [1.54, 1.807) is 0 Å². The summed E-state index contributed by atoms with van der Waals surface area (Å²) in [5.74, 6) is 0.508. The highest BCUT2D eigenvalue weighted by molar-refractivity contribution is 6.02. The molecule has 0 aliphatic heterocycles. The van der Waals surface area contributed by atoms with Crippen LogP contribution in [0, 0.1) is 16.7 Å². The normalized spacial score (nSPS) is 44.7. The van der Waals surface area contributed by atoms with Gasteiger partial charge in [0.25, 0.3) is 0 Å². The number of allylic oxidation sites excluding steroid dienone is 1. The molecule has 13 heavy (non-hydrogen) atoms. The molecule has 2 aliphatic carbocycles. The fourth-order valence-electron chi connectivity index (χ4n) is 3.17. The molecule has 0 amide bonds. The first-order chi connectivity index (χ1) is 5.95. The molecule has 72 valence electrons. The van der Waals surface area contributed by atoms with E-state index in [9.17, 15) is 4.79 Å². The lowest BCUT2D eigenvalue weighted by Crippen LogP contribution is -2.28. The second kappa shape index (κ2) is 2.17. The van der Waals surface area contributed by atoms with E-state index in [0.29, 0.717) is 5.78 Å². The monoisotopic (exact) mass is 179 g/mol. The first-order valence-electron chi connectivity index (χ1n) is 4.92. The number of hydrogen-bond acceptors (Lipinski definition) is 2. The Kier molecular flexibility index (Phi) is 1.47. The van der Waals surface area contributed by atoms with Gasteiger partial charge in [-0.3, -0.25) is 4.79 Å². The van der Waals surface area contributed by atoms with Gasteiger partial charge in [0.1, 0.15) is 0 Å². The number of hydrogen-bond donors (Lipinski definition) is 1. The van der Waals surface area contributed by atoms with Gasteiger partial charge in [-0.1, -0.05) is 20.8 Å². The van der Waals surface area contributed by atoms with E-state index < -0.39 is 0 Å². The Morgan fingerprint density at radius 2 is 2.08 bits per heavy atom. The summed E-state index contributed by atoms with van der Waals surface area (Å²) in [6, 6.07) is 0. The average Bonchev–Trinajstić information content (AvgIpc) is 2.32. The lowest BCUT2D eigenvalue weighted by atomic mass is 9.69. The van der Waals surface area contributed by atoms with E-state index in [4.69, 9.17) is 5.73 Å². The molecule has 2 saturated carbocycles. The molecule has 2 nitrogen and oxygen atoms in total. The maximum atomic E-state index is 11.9. The van der Waals surface area contributed by atoms with Crippen LogP contribution in [0.1, 0.15) is 33.6 Å². The molecule has 0 aromatic carbocycles. The standard InChI is InChI=1S/C11H17NO/c1-10(2)7-4-5-11(10,3)8(6-12)9(7)13/h6-7H,4-5,12H2,1-3H3/b8-6+. The van der Waals surface area contributed by atoms with Crippen LogP contribution in [0.15, 0.2) is 11.8 Å². The second-order valence-electron chi connectivity index (χ2n) is 5.09. The predicted octanol–water partition coefficient (Wildman–Crippen LogP) is 1.85. The third-order valence-electron chi connectivity index (χ3n) is 4.57. The molecule has 0 heterocycles. The first kappa shape index (κ1) is 8.79. The quantitative estimate of drug-likeness (QED) is 0.577. The van der Waals surface area contributed by atoms with Gasteiger partial charge < -0.3 is 5.73 Å². The second-order valence-corrected chi connectivity index (χ2v) is 5.09. The molecule has 0 saturated heterocycles. The van der Waals surface area contributed by atoms with Crippen molar-refractivity contribution in [2.24, 2.45) is 22.5 Å². The third-order valence-corrected chi connectivity index (χ3v) is 4.57. The van der Waals surface area contributed by atoms with Crippen molar-refractivity contribution in [3.8, 4) is 0 Å². The van der Waals surface area contributed by atoms with Crippen molar-refractivity contribution in [3.63, 3.8) is 0 Å². The van der Waals surface area contributed by atoms with Gasteiger partial charge in [0.2, 0.25) is 0 Å². The molecule has 0 spiro atoms. The van der Waals surface area contributed by atoms with Gasteiger partial charge in [-0.2, -0.15) is 0 Å². The molecule has 2 N–H and O–H groups in total. The molecule has 2 bridgehead atoms. The van der Waals surface area contributed by atoms with Crippen LogP contribution in [-0.2, 0) is 4.79 Å². The lowest BCUT2D eigenvalue weighted by Gasteiger charge is -2.34. The summed E-state index contributed by atoms with van der Waals surface area (Å²) in [7, 11) is 0. The molecule has 2 unspecified atom stereocenters. The minimum Gasteiger partial charge on any atom is -0.404 e. The van der Waals surface area contributed by atoms with Gasteiger partial charge >= 0.3 is 0 Å². The fraction of sp³-hybridized carbons (Fsp3) is 0.727. The Labute approximate surface area is 79.2 Å². The van der Waals surface area contributed by atoms with Crippen molar-refractivity contribution in [3.05, 3.63) is 11.8 Å². The fourth-order valence-corrected chi connectivity index (χ4v) is 3.17. The Bertz CT molecular complexity index is 303. The Hall–Kier alpha value is -0.790. The van der Waals surface area contributed by atoms with Gasteiger partial charge in [-0.15, -0.1) is 0 Å². The van der Waals surface area contributed by atoms with Gasteiger partial charge in [-0.25, -0.2) is 0 Å². The van der Waals surface area contributed by atoms with Crippen LogP contribution in [0.2, 0.25) is 0 Å². The van der Waals surface area contributed by atoms with Gasteiger partial charge in [0.15, 0.2) is 5.78 Å². The van der Waals surface area contributed by atoms with Crippen LogP contribution in [-0.4, -0.2) is 5.78 Å². The number of nitrogens with two attached hydrogens (primary N) is 1. The lowest BCUT2D eigenvalue weighted by molar-refractivity contribution is -0.119. The molecule has 0 aromatic heterocycles. The minimum absolute atomic E-state index is 0.0312. The molecule has 2 aliphatic rings. The number of Topliss-reactive ketones (excluding diaryl/α,β-unsaturated/α-hetero) is 1. The summed E-state index contributed by atoms with van der Waals surface area (Å²) < 4.78 is 0. The van der Waals surface area contributed by atoms with Crippen molar-refractivity contribution < 1.29 is 4.79 Å². The summed E-state index contributed by atoms with van der Waals surface area (Å²) in [4.78, 5) is 11.9. The molecule has 2 atom stereocenters. The Balaban J connectivity index is 2.59. The molecule has 0 aromatic rings. The van der Waals surface area contributed by atoms with Gasteiger partial charge in [0, 0.05) is 23.1 Å². The zero-order chi connectivity index (χ0) is 9.85. The molecular weight excluding hydrogens is 162 g/mol. The predicted molar refractivity (Wildman–Crippen MR) is 51.9 cm³/mol. The molecule has 2 heteroatoms. The summed E-state index contributed by atoms with van der Waals surface area (Å²) in [5, 5.41) is 0. The van der Waals surface area contributed by atoms with E-state index in [1.165, 1.54) is 6.20 Å². The van der Waals surface area contributed by atoms with E-state index in [0.717, 1.165) is 18.4 Å². The number of ketones is 1. The van der Waals surface area contributed by atoms with Gasteiger partial charge in [0.05, 0.1) is 0 Å². The average molecular weight is 179 g/mol. The number of carbonyl (C=O) groups is 1. The van der Waals surface area contributed by atoms with Crippen molar-refractivity contribution >= 4 is 5.78 Å². The SMILES string of the molecule is CC12CCC(C(=O)/C1=C\N)C2(C)C. The minimum atomic E-state index is 0.0312. The van der Waals surface area contributed by atoms with Crippen LogP contribution >= 0.6 is 0 Å². The van der Waals surface area contributed by atoms with E-state index in [-0.39, 0.29) is 16.7 Å². The van der Waals surface area contributed by atoms with E-state index >= 15 is 0 Å². The van der Waals surface area contributed by atoms with Crippen LogP contribution in [0.5, 0.6) is 0 Å². The van der Waals surface area contributed by atoms with Crippen molar-refractivity contribution in [1.82, 2.24) is 0 Å². The smallest absolute Gasteiger partial charge is 0.164 e. The zero-order valence-corrected chi connectivity index (χ0v) is 8.55.